The number of fused-ring (bicyclic) bond motifs is 1. The van der Waals surface area contributed by atoms with Gasteiger partial charge in [0.1, 0.15) is 10.2 Å². The van der Waals surface area contributed by atoms with Crippen LogP contribution in [0.25, 0.3) is 10.2 Å². The van der Waals surface area contributed by atoms with Gasteiger partial charge in [-0.25, -0.2) is 4.98 Å². The minimum absolute atomic E-state index is 0.0317. The Morgan fingerprint density at radius 1 is 1.32 bits per heavy atom. The Labute approximate surface area is 149 Å². The zero-order valence-electron chi connectivity index (χ0n) is 14.2. The minimum Gasteiger partial charge on any atom is -0.345 e. The fourth-order valence-electron chi connectivity index (χ4n) is 3.06. The first-order chi connectivity index (χ1) is 12.1. The number of aryl methyl sites for hydroxylation is 1. The first-order valence-electron chi connectivity index (χ1n) is 8.42. The van der Waals surface area contributed by atoms with Gasteiger partial charge in [-0.15, -0.1) is 11.3 Å². The third-order valence-corrected chi connectivity index (χ3v) is 5.70. The standard InChI is InChI=1S/C19H19N3O2S/c1-11(13-6-4-3-5-7-13)21-18(23)15-12(2)25-17-16(15)20-10-22(19(17)24)14-8-9-14/h3-7,10-11,14H,8-9H2,1-2H3,(H,21,23)/t11-/m1/s1. The maximum Gasteiger partial charge on any atom is 0.271 e. The molecule has 1 fully saturated rings. The summed E-state index contributed by atoms with van der Waals surface area (Å²) in [5.74, 6) is -0.184. The van der Waals surface area contributed by atoms with E-state index in [1.807, 2.05) is 44.2 Å². The molecular formula is C19H19N3O2S. The third-order valence-electron chi connectivity index (χ3n) is 4.61. The highest BCUT2D eigenvalue weighted by Gasteiger charge is 2.27. The number of aromatic nitrogens is 2. The maximum absolute atomic E-state index is 12.8. The first-order valence-corrected chi connectivity index (χ1v) is 9.24. The lowest BCUT2D eigenvalue weighted by atomic mass is 10.1. The van der Waals surface area contributed by atoms with E-state index in [2.05, 4.69) is 10.3 Å². The Bertz CT molecular complexity index is 1000. The van der Waals surface area contributed by atoms with Crippen LogP contribution in [-0.4, -0.2) is 15.5 Å². The Morgan fingerprint density at radius 2 is 2.04 bits per heavy atom. The largest absolute Gasteiger partial charge is 0.345 e. The van der Waals surface area contributed by atoms with Crippen molar-refractivity contribution in [2.45, 2.75) is 38.8 Å². The van der Waals surface area contributed by atoms with Crippen LogP contribution < -0.4 is 10.9 Å². The number of nitrogens with zero attached hydrogens (tertiary/aromatic N) is 2. The molecule has 0 spiro atoms. The SMILES string of the molecule is Cc1sc2c(=O)n(C3CC3)cnc2c1C(=O)N[C@H](C)c1ccccc1. The van der Waals surface area contributed by atoms with E-state index in [9.17, 15) is 9.59 Å². The molecule has 0 radical (unpaired) electrons. The van der Waals surface area contributed by atoms with Gasteiger partial charge in [0, 0.05) is 10.9 Å². The lowest BCUT2D eigenvalue weighted by Gasteiger charge is -2.14. The molecule has 128 valence electrons. The Hall–Kier alpha value is -2.47. The number of benzene rings is 1. The summed E-state index contributed by atoms with van der Waals surface area (Å²) in [4.78, 5) is 30.7. The quantitative estimate of drug-likeness (QED) is 0.779. The second-order valence-corrected chi connectivity index (χ2v) is 7.73. The number of carbonyl (C=O) groups excluding carboxylic acids is 1. The van der Waals surface area contributed by atoms with Crippen LogP contribution >= 0.6 is 11.3 Å². The molecule has 0 bridgehead atoms. The highest BCUT2D eigenvalue weighted by molar-refractivity contribution is 7.19. The Balaban J connectivity index is 1.69. The lowest BCUT2D eigenvalue weighted by Crippen LogP contribution is -2.27. The van der Waals surface area contributed by atoms with E-state index in [1.165, 1.54) is 11.3 Å². The van der Waals surface area contributed by atoms with Gasteiger partial charge in [0.2, 0.25) is 0 Å². The molecule has 6 heteroatoms. The van der Waals surface area contributed by atoms with Gasteiger partial charge in [0.15, 0.2) is 0 Å². The second kappa shape index (κ2) is 6.11. The summed E-state index contributed by atoms with van der Waals surface area (Å²) in [5.41, 5.74) is 2.04. The van der Waals surface area contributed by atoms with E-state index < -0.39 is 0 Å². The van der Waals surface area contributed by atoms with Gasteiger partial charge in [0.25, 0.3) is 11.5 Å². The monoisotopic (exact) mass is 353 g/mol. The zero-order valence-corrected chi connectivity index (χ0v) is 15.0. The van der Waals surface area contributed by atoms with Gasteiger partial charge >= 0.3 is 0 Å². The van der Waals surface area contributed by atoms with E-state index >= 15 is 0 Å². The average molecular weight is 353 g/mol. The molecule has 1 amide bonds. The molecule has 0 aliphatic heterocycles. The van der Waals surface area contributed by atoms with Crippen LogP contribution in [0.15, 0.2) is 41.5 Å². The van der Waals surface area contributed by atoms with Crippen LogP contribution in [0.5, 0.6) is 0 Å². The molecule has 1 N–H and O–H groups in total. The van der Waals surface area contributed by atoms with E-state index in [1.54, 1.807) is 10.9 Å². The van der Waals surface area contributed by atoms with Gasteiger partial charge in [-0.05, 0) is 32.3 Å². The number of amides is 1. The maximum atomic E-state index is 12.8. The molecule has 3 aromatic rings. The van der Waals surface area contributed by atoms with Crippen molar-refractivity contribution in [3.63, 3.8) is 0 Å². The van der Waals surface area contributed by atoms with Gasteiger partial charge in [-0.1, -0.05) is 30.3 Å². The smallest absolute Gasteiger partial charge is 0.271 e. The highest BCUT2D eigenvalue weighted by Crippen LogP contribution is 2.34. The fraction of sp³-hybridized carbons (Fsp3) is 0.316. The van der Waals surface area contributed by atoms with Crippen molar-refractivity contribution >= 4 is 27.5 Å². The van der Waals surface area contributed by atoms with E-state index in [0.29, 0.717) is 15.8 Å². The van der Waals surface area contributed by atoms with Gasteiger partial charge < -0.3 is 5.32 Å². The van der Waals surface area contributed by atoms with E-state index in [-0.39, 0.29) is 23.6 Å². The summed E-state index contributed by atoms with van der Waals surface area (Å²) in [5, 5.41) is 3.02. The van der Waals surface area contributed by atoms with Gasteiger partial charge in [0.05, 0.1) is 17.9 Å². The molecule has 0 saturated heterocycles. The van der Waals surface area contributed by atoms with Crippen LogP contribution in [0, 0.1) is 6.92 Å². The lowest BCUT2D eigenvalue weighted by molar-refractivity contribution is 0.0941. The molecule has 1 aliphatic carbocycles. The van der Waals surface area contributed by atoms with Crippen LogP contribution in [0.4, 0.5) is 0 Å². The number of thiophene rings is 1. The summed E-state index contributed by atoms with van der Waals surface area (Å²) in [7, 11) is 0. The van der Waals surface area contributed by atoms with Crippen LogP contribution in [0.1, 0.15) is 52.6 Å². The second-order valence-electron chi connectivity index (χ2n) is 6.50. The predicted molar refractivity (Wildman–Crippen MR) is 99.2 cm³/mol. The highest BCUT2D eigenvalue weighted by atomic mass is 32.1. The molecule has 1 aromatic carbocycles. The van der Waals surface area contributed by atoms with Crippen molar-refractivity contribution in [1.29, 1.82) is 0 Å². The Kier molecular flexibility index (Phi) is 3.92. The molecule has 1 atom stereocenters. The molecule has 2 aromatic heterocycles. The summed E-state index contributed by atoms with van der Waals surface area (Å²) in [6, 6.07) is 9.98. The molecule has 2 heterocycles. The number of rotatable bonds is 4. The average Bonchev–Trinajstić information content (AvgIpc) is 3.38. The number of carbonyl (C=O) groups is 1. The Morgan fingerprint density at radius 3 is 2.72 bits per heavy atom. The molecule has 4 rings (SSSR count). The van der Waals surface area contributed by atoms with E-state index in [4.69, 9.17) is 0 Å². The predicted octanol–water partition coefficient (Wildman–Crippen LogP) is 3.59. The topological polar surface area (TPSA) is 64.0 Å². The summed E-state index contributed by atoms with van der Waals surface area (Å²) in [6.45, 7) is 3.82. The molecule has 25 heavy (non-hydrogen) atoms. The first kappa shape index (κ1) is 16.0. The number of hydrogen-bond acceptors (Lipinski definition) is 4. The molecule has 0 unspecified atom stereocenters. The zero-order chi connectivity index (χ0) is 17.6. The molecule has 1 aliphatic rings. The number of nitrogens with one attached hydrogen (secondary N) is 1. The van der Waals surface area contributed by atoms with Crippen molar-refractivity contribution in [2.75, 3.05) is 0 Å². The molecule has 5 nitrogen and oxygen atoms in total. The minimum atomic E-state index is -0.184. The van der Waals surface area contributed by atoms with E-state index in [0.717, 1.165) is 23.3 Å². The van der Waals surface area contributed by atoms with Crippen LogP contribution in [-0.2, 0) is 0 Å². The normalized spacial score (nSPS) is 15.3. The fourth-order valence-corrected chi connectivity index (χ4v) is 4.11. The summed E-state index contributed by atoms with van der Waals surface area (Å²) < 4.78 is 2.27. The van der Waals surface area contributed by atoms with Crippen LogP contribution in [0.3, 0.4) is 0 Å². The van der Waals surface area contributed by atoms with Crippen molar-refractivity contribution in [2.24, 2.45) is 0 Å². The van der Waals surface area contributed by atoms with Crippen molar-refractivity contribution < 1.29 is 4.79 Å². The van der Waals surface area contributed by atoms with Crippen LogP contribution in [0.2, 0.25) is 0 Å². The summed E-state index contributed by atoms with van der Waals surface area (Å²) >= 11 is 1.36. The third kappa shape index (κ3) is 2.87. The van der Waals surface area contributed by atoms with Crippen molar-refractivity contribution in [1.82, 2.24) is 14.9 Å². The van der Waals surface area contributed by atoms with Gasteiger partial charge in [-0.2, -0.15) is 0 Å². The molecule has 1 saturated carbocycles. The number of hydrogen-bond donors (Lipinski definition) is 1. The van der Waals surface area contributed by atoms with Gasteiger partial charge in [-0.3, -0.25) is 14.2 Å². The van der Waals surface area contributed by atoms with Crippen molar-refractivity contribution in [3.8, 4) is 0 Å². The summed E-state index contributed by atoms with van der Waals surface area (Å²) in [6.07, 6.45) is 3.64. The molecular weight excluding hydrogens is 334 g/mol. The van der Waals surface area contributed by atoms with Crippen molar-refractivity contribution in [3.05, 3.63) is 63.0 Å².